The summed E-state index contributed by atoms with van der Waals surface area (Å²) in [6, 6.07) is 0. The first-order valence-electron chi connectivity index (χ1n) is 6.11. The Bertz CT molecular complexity index is 331. The lowest BCUT2D eigenvalue weighted by atomic mass is 10.1. The zero-order valence-corrected chi connectivity index (χ0v) is 11.1. The van der Waals surface area contributed by atoms with E-state index in [9.17, 15) is 4.79 Å². The highest BCUT2D eigenvalue weighted by atomic mass is 16.5. The van der Waals surface area contributed by atoms with Crippen molar-refractivity contribution in [3.05, 3.63) is 36.1 Å². The van der Waals surface area contributed by atoms with Crippen molar-refractivity contribution >= 4 is 12.2 Å². The highest BCUT2D eigenvalue weighted by Crippen LogP contribution is 2.04. The van der Waals surface area contributed by atoms with Gasteiger partial charge in [-0.1, -0.05) is 18.2 Å². The largest absolute Gasteiger partial charge is 0.463 e. The van der Waals surface area contributed by atoms with Gasteiger partial charge in [0, 0.05) is 25.5 Å². The minimum atomic E-state index is -0.315. The van der Waals surface area contributed by atoms with E-state index in [4.69, 9.17) is 10.1 Å². The Hall–Kier alpha value is -1.84. The van der Waals surface area contributed by atoms with E-state index in [1.807, 2.05) is 25.4 Å². The van der Waals surface area contributed by atoms with Gasteiger partial charge < -0.3 is 15.5 Å². The number of carbonyl (C=O) groups excluding carboxylic acids is 1. The van der Waals surface area contributed by atoms with Crippen LogP contribution in [0.2, 0.25) is 0 Å². The monoisotopic (exact) mass is 250 g/mol. The minimum absolute atomic E-state index is 0.315. The topological polar surface area (TPSA) is 62.2 Å². The molecule has 0 aromatic rings. The van der Waals surface area contributed by atoms with Gasteiger partial charge in [-0.15, -0.1) is 0 Å². The van der Waals surface area contributed by atoms with Gasteiger partial charge in [-0.05, 0) is 31.8 Å². The molecule has 0 amide bonds. The van der Waals surface area contributed by atoms with Crippen molar-refractivity contribution in [1.29, 1.82) is 5.41 Å². The predicted octanol–water partition coefficient (Wildman–Crippen LogP) is 2.59. The Morgan fingerprint density at radius 3 is 2.78 bits per heavy atom. The minimum Gasteiger partial charge on any atom is -0.463 e. The molecule has 0 aromatic carbocycles. The molecule has 18 heavy (non-hydrogen) atoms. The molecule has 0 rings (SSSR count). The lowest BCUT2D eigenvalue weighted by Crippen LogP contribution is -1.98. The molecule has 0 spiro atoms. The first-order chi connectivity index (χ1) is 8.74. The number of hydrogen-bond acceptors (Lipinski definition) is 4. The summed E-state index contributed by atoms with van der Waals surface area (Å²) in [5.41, 5.74) is 0.980. The van der Waals surface area contributed by atoms with E-state index in [-0.39, 0.29) is 5.97 Å². The van der Waals surface area contributed by atoms with E-state index in [0.717, 1.165) is 24.8 Å². The van der Waals surface area contributed by atoms with E-state index in [1.54, 1.807) is 13.0 Å². The van der Waals surface area contributed by atoms with E-state index < -0.39 is 0 Å². The van der Waals surface area contributed by atoms with Gasteiger partial charge in [0.1, 0.15) is 0 Å². The first-order valence-corrected chi connectivity index (χ1v) is 6.11. The molecule has 0 aromatic heterocycles. The van der Waals surface area contributed by atoms with E-state index in [0.29, 0.717) is 6.61 Å². The Morgan fingerprint density at radius 1 is 1.39 bits per heavy atom. The van der Waals surface area contributed by atoms with Crippen LogP contribution in [0.15, 0.2) is 36.1 Å². The van der Waals surface area contributed by atoms with Gasteiger partial charge in [0.05, 0.1) is 6.61 Å². The van der Waals surface area contributed by atoms with Crippen LogP contribution in [0.3, 0.4) is 0 Å². The maximum Gasteiger partial charge on any atom is 0.330 e. The Balaban J connectivity index is 3.75. The zero-order chi connectivity index (χ0) is 13.6. The summed E-state index contributed by atoms with van der Waals surface area (Å²) in [4.78, 5) is 10.9. The maximum absolute atomic E-state index is 10.9. The van der Waals surface area contributed by atoms with Gasteiger partial charge in [-0.2, -0.15) is 0 Å². The molecule has 0 unspecified atom stereocenters. The summed E-state index contributed by atoms with van der Waals surface area (Å²) in [5.74, 6) is -0.315. The van der Waals surface area contributed by atoms with Crippen LogP contribution in [-0.2, 0) is 9.53 Å². The average Bonchev–Trinajstić information content (AvgIpc) is 2.36. The zero-order valence-electron chi connectivity index (χ0n) is 11.1. The number of carbonyl (C=O) groups is 1. The molecule has 0 aliphatic rings. The first kappa shape index (κ1) is 16.2. The Morgan fingerprint density at radius 2 is 2.17 bits per heavy atom. The van der Waals surface area contributed by atoms with Crippen LogP contribution < -0.4 is 5.32 Å². The number of allylic oxidation sites excluding steroid dienone is 4. The van der Waals surface area contributed by atoms with Gasteiger partial charge in [0.15, 0.2) is 0 Å². The smallest absolute Gasteiger partial charge is 0.330 e. The highest BCUT2D eigenvalue weighted by Gasteiger charge is 1.92. The van der Waals surface area contributed by atoms with E-state index in [2.05, 4.69) is 5.32 Å². The second-order valence-corrected chi connectivity index (χ2v) is 3.58. The molecule has 4 nitrogen and oxygen atoms in total. The maximum atomic E-state index is 10.9. The number of unbranched alkanes of at least 4 members (excludes halogenated alkanes) is 1. The van der Waals surface area contributed by atoms with Crippen molar-refractivity contribution in [2.75, 3.05) is 13.7 Å². The second-order valence-electron chi connectivity index (χ2n) is 3.58. The van der Waals surface area contributed by atoms with Crippen molar-refractivity contribution in [2.45, 2.75) is 26.2 Å². The fourth-order valence-electron chi connectivity index (χ4n) is 1.29. The van der Waals surface area contributed by atoms with Crippen LogP contribution in [0.4, 0.5) is 0 Å². The average molecular weight is 250 g/mol. The summed E-state index contributed by atoms with van der Waals surface area (Å²) >= 11 is 0. The second kappa shape index (κ2) is 11.6. The molecule has 0 aliphatic carbocycles. The fraction of sp³-hybridized carbons (Fsp3) is 0.429. The summed E-state index contributed by atoms with van der Waals surface area (Å²) in [6.45, 7) is 2.18. The molecule has 0 radical (unpaired) electrons. The molecule has 0 saturated heterocycles. The summed E-state index contributed by atoms with van der Waals surface area (Å²) in [6.07, 6.45) is 12.9. The highest BCUT2D eigenvalue weighted by molar-refractivity contribution is 5.82. The number of hydrogen-bond donors (Lipinski definition) is 2. The van der Waals surface area contributed by atoms with Crippen molar-refractivity contribution < 1.29 is 9.53 Å². The SMILES string of the molecule is CCOC(=O)/C=C/C=C/CCC/C(C=N)=C/NC. The molecule has 0 heterocycles. The number of esters is 1. The molecule has 0 fully saturated rings. The van der Waals surface area contributed by atoms with Crippen molar-refractivity contribution in [3.8, 4) is 0 Å². The molecule has 0 aliphatic heterocycles. The van der Waals surface area contributed by atoms with Crippen LogP contribution in [0.5, 0.6) is 0 Å². The third-order valence-electron chi connectivity index (χ3n) is 2.12. The van der Waals surface area contributed by atoms with Crippen LogP contribution in [0.25, 0.3) is 0 Å². The third-order valence-corrected chi connectivity index (χ3v) is 2.12. The lowest BCUT2D eigenvalue weighted by Gasteiger charge is -1.98. The lowest BCUT2D eigenvalue weighted by molar-refractivity contribution is -0.137. The molecular formula is C14H22N2O2. The van der Waals surface area contributed by atoms with Crippen LogP contribution in [0.1, 0.15) is 26.2 Å². The molecular weight excluding hydrogens is 228 g/mol. The van der Waals surface area contributed by atoms with Crippen LogP contribution in [-0.4, -0.2) is 25.8 Å². The van der Waals surface area contributed by atoms with Gasteiger partial charge in [-0.25, -0.2) is 4.79 Å². The normalized spacial score (nSPS) is 12.0. The van der Waals surface area contributed by atoms with Crippen molar-refractivity contribution in [1.82, 2.24) is 5.32 Å². The number of nitrogens with one attached hydrogen (secondary N) is 2. The Kier molecular flexibility index (Phi) is 10.4. The van der Waals surface area contributed by atoms with Crippen LogP contribution in [0, 0.1) is 5.41 Å². The predicted molar refractivity (Wildman–Crippen MR) is 74.7 cm³/mol. The third kappa shape index (κ3) is 9.39. The van der Waals surface area contributed by atoms with Gasteiger partial charge in [-0.3, -0.25) is 0 Å². The molecule has 2 N–H and O–H groups in total. The number of rotatable bonds is 9. The van der Waals surface area contributed by atoms with Crippen LogP contribution >= 0.6 is 0 Å². The van der Waals surface area contributed by atoms with E-state index >= 15 is 0 Å². The quantitative estimate of drug-likeness (QED) is 0.217. The molecule has 100 valence electrons. The standard InChI is InChI=1S/C14H22N2O2/c1-3-18-14(17)10-8-6-4-5-7-9-13(11-15)12-16-2/h4,6,8,10-12,15-16H,3,5,7,9H2,1-2H3/b6-4+,10-8+,13-12-,15-11?. The summed E-state index contributed by atoms with van der Waals surface area (Å²) in [7, 11) is 1.82. The summed E-state index contributed by atoms with van der Waals surface area (Å²) < 4.78 is 4.74. The Labute approximate surface area is 109 Å². The van der Waals surface area contributed by atoms with Gasteiger partial charge in [0.2, 0.25) is 0 Å². The van der Waals surface area contributed by atoms with Crippen molar-refractivity contribution in [2.24, 2.45) is 0 Å². The fourth-order valence-corrected chi connectivity index (χ4v) is 1.29. The molecule has 0 bridgehead atoms. The number of ether oxygens (including phenoxy) is 1. The molecule has 0 atom stereocenters. The van der Waals surface area contributed by atoms with Gasteiger partial charge in [0.25, 0.3) is 0 Å². The van der Waals surface area contributed by atoms with Gasteiger partial charge >= 0.3 is 5.97 Å². The van der Waals surface area contributed by atoms with Crippen molar-refractivity contribution in [3.63, 3.8) is 0 Å². The van der Waals surface area contributed by atoms with E-state index in [1.165, 1.54) is 12.3 Å². The molecule has 4 heteroatoms. The molecule has 0 saturated carbocycles. The summed E-state index contributed by atoms with van der Waals surface area (Å²) in [5, 5.41) is 10.1.